The number of hydrogen-bond donors (Lipinski definition) is 1. The standard InChI is InChI=1S/C19H25N3O3/c20-8-7-15-1-5-18(6-2-15)25-14-17(23)13-21-9-11-22(12-10-21)19(24)16-3-4-16/h1-2,5-6,16-17,23H,3-4,7,9-14H2. The topological polar surface area (TPSA) is 76.8 Å². The normalized spacial score (nSPS) is 19.3. The Hall–Kier alpha value is -2.10. The number of aliphatic hydroxyl groups excluding tert-OH is 1. The third-order valence-electron chi connectivity index (χ3n) is 4.73. The third kappa shape index (κ3) is 5.18. The van der Waals surface area contributed by atoms with Crippen LogP contribution in [0, 0.1) is 17.2 Å². The first-order valence-electron chi connectivity index (χ1n) is 8.93. The summed E-state index contributed by atoms with van der Waals surface area (Å²) in [7, 11) is 0. The number of benzene rings is 1. The third-order valence-corrected chi connectivity index (χ3v) is 4.73. The van der Waals surface area contributed by atoms with E-state index in [-0.39, 0.29) is 12.5 Å². The Morgan fingerprint density at radius 2 is 1.92 bits per heavy atom. The molecule has 2 aliphatic rings. The Morgan fingerprint density at radius 1 is 1.24 bits per heavy atom. The van der Waals surface area contributed by atoms with Gasteiger partial charge in [0, 0.05) is 38.6 Å². The van der Waals surface area contributed by atoms with Gasteiger partial charge in [-0.05, 0) is 30.5 Å². The molecule has 0 bridgehead atoms. The van der Waals surface area contributed by atoms with Crippen molar-refractivity contribution in [2.45, 2.75) is 25.4 Å². The summed E-state index contributed by atoms with van der Waals surface area (Å²) < 4.78 is 5.62. The maximum absolute atomic E-state index is 12.0. The van der Waals surface area contributed by atoms with Gasteiger partial charge in [-0.1, -0.05) is 12.1 Å². The van der Waals surface area contributed by atoms with E-state index in [1.54, 1.807) is 0 Å². The molecule has 1 amide bonds. The molecule has 3 rings (SSSR count). The van der Waals surface area contributed by atoms with Crippen molar-refractivity contribution >= 4 is 5.91 Å². The summed E-state index contributed by atoms with van der Waals surface area (Å²) in [6.45, 7) is 3.90. The van der Waals surface area contributed by atoms with Crippen LogP contribution in [-0.2, 0) is 11.2 Å². The number of hydrogen-bond acceptors (Lipinski definition) is 5. The van der Waals surface area contributed by atoms with Crippen LogP contribution in [0.3, 0.4) is 0 Å². The van der Waals surface area contributed by atoms with Crippen molar-refractivity contribution in [1.29, 1.82) is 5.26 Å². The number of ether oxygens (including phenoxy) is 1. The van der Waals surface area contributed by atoms with Crippen molar-refractivity contribution in [2.75, 3.05) is 39.3 Å². The number of rotatable bonds is 7. The second kappa shape index (κ2) is 8.32. The summed E-state index contributed by atoms with van der Waals surface area (Å²) in [4.78, 5) is 16.2. The fraction of sp³-hybridized carbons (Fsp3) is 0.579. The van der Waals surface area contributed by atoms with Crippen LogP contribution in [0.25, 0.3) is 0 Å². The van der Waals surface area contributed by atoms with Crippen molar-refractivity contribution < 1.29 is 14.6 Å². The van der Waals surface area contributed by atoms with Crippen molar-refractivity contribution in [3.8, 4) is 11.8 Å². The van der Waals surface area contributed by atoms with Gasteiger partial charge < -0.3 is 14.7 Å². The van der Waals surface area contributed by atoms with Crippen molar-refractivity contribution in [2.24, 2.45) is 5.92 Å². The fourth-order valence-corrected chi connectivity index (χ4v) is 3.08. The zero-order valence-corrected chi connectivity index (χ0v) is 14.4. The molecule has 1 unspecified atom stereocenters. The molecule has 1 aromatic carbocycles. The van der Waals surface area contributed by atoms with Crippen LogP contribution < -0.4 is 4.74 Å². The molecule has 0 aromatic heterocycles. The molecule has 1 aromatic rings. The Morgan fingerprint density at radius 3 is 2.52 bits per heavy atom. The maximum Gasteiger partial charge on any atom is 0.225 e. The van der Waals surface area contributed by atoms with E-state index in [4.69, 9.17) is 10.00 Å². The van der Waals surface area contributed by atoms with Gasteiger partial charge in [0.1, 0.15) is 18.5 Å². The highest BCUT2D eigenvalue weighted by molar-refractivity contribution is 5.81. The van der Waals surface area contributed by atoms with Crippen LogP contribution in [0.1, 0.15) is 18.4 Å². The molecule has 1 atom stereocenters. The largest absolute Gasteiger partial charge is 0.491 e. The molecule has 0 spiro atoms. The van der Waals surface area contributed by atoms with Crippen LogP contribution in [0.5, 0.6) is 5.75 Å². The first-order valence-corrected chi connectivity index (χ1v) is 8.93. The van der Waals surface area contributed by atoms with Crippen LogP contribution >= 0.6 is 0 Å². The second-order valence-electron chi connectivity index (χ2n) is 6.84. The molecule has 1 heterocycles. The van der Waals surface area contributed by atoms with E-state index in [9.17, 15) is 9.90 Å². The summed E-state index contributed by atoms with van der Waals surface area (Å²) in [5.74, 6) is 1.29. The maximum atomic E-state index is 12.0. The van der Waals surface area contributed by atoms with Crippen molar-refractivity contribution in [1.82, 2.24) is 9.80 Å². The van der Waals surface area contributed by atoms with Gasteiger partial charge in [-0.15, -0.1) is 0 Å². The van der Waals surface area contributed by atoms with Gasteiger partial charge in [0.15, 0.2) is 0 Å². The Kier molecular flexibility index (Phi) is 5.90. The zero-order chi connectivity index (χ0) is 17.6. The van der Waals surface area contributed by atoms with Gasteiger partial charge in [-0.3, -0.25) is 9.69 Å². The quantitative estimate of drug-likeness (QED) is 0.801. The predicted molar refractivity (Wildman–Crippen MR) is 93.0 cm³/mol. The molecule has 0 radical (unpaired) electrons. The van der Waals surface area contributed by atoms with Crippen LogP contribution in [-0.4, -0.2) is 66.2 Å². The van der Waals surface area contributed by atoms with E-state index in [2.05, 4.69) is 11.0 Å². The SMILES string of the molecule is N#CCc1ccc(OCC(O)CN2CCN(C(=O)C3CC3)CC2)cc1. The van der Waals surface area contributed by atoms with Crippen LogP contribution in [0.15, 0.2) is 24.3 Å². The molecule has 6 heteroatoms. The molecule has 1 saturated heterocycles. The Balaban J connectivity index is 1.36. The fourth-order valence-electron chi connectivity index (χ4n) is 3.08. The van der Waals surface area contributed by atoms with E-state index in [0.717, 1.165) is 44.6 Å². The molecular formula is C19H25N3O3. The van der Waals surface area contributed by atoms with Crippen LogP contribution in [0.4, 0.5) is 0 Å². The number of carbonyl (C=O) groups excluding carboxylic acids is 1. The summed E-state index contributed by atoms with van der Waals surface area (Å²) >= 11 is 0. The number of carbonyl (C=O) groups is 1. The number of piperazine rings is 1. The molecule has 1 aliphatic carbocycles. The van der Waals surface area contributed by atoms with Gasteiger partial charge in [-0.2, -0.15) is 5.26 Å². The average Bonchev–Trinajstić information content (AvgIpc) is 3.47. The minimum atomic E-state index is -0.565. The van der Waals surface area contributed by atoms with Gasteiger partial charge >= 0.3 is 0 Å². The smallest absolute Gasteiger partial charge is 0.225 e. The monoisotopic (exact) mass is 343 g/mol. The molecule has 1 N–H and O–H groups in total. The first-order chi connectivity index (χ1) is 12.2. The minimum absolute atomic E-state index is 0.235. The molecule has 1 aliphatic heterocycles. The predicted octanol–water partition coefficient (Wildman–Crippen LogP) is 1.05. The lowest BCUT2D eigenvalue weighted by molar-refractivity contribution is -0.134. The van der Waals surface area contributed by atoms with Crippen LogP contribution in [0.2, 0.25) is 0 Å². The Bertz CT molecular complexity index is 614. The molecule has 25 heavy (non-hydrogen) atoms. The first kappa shape index (κ1) is 17.7. The highest BCUT2D eigenvalue weighted by Gasteiger charge is 2.34. The Labute approximate surface area is 148 Å². The van der Waals surface area contributed by atoms with Crippen molar-refractivity contribution in [3.63, 3.8) is 0 Å². The number of amides is 1. The minimum Gasteiger partial charge on any atom is -0.491 e. The lowest BCUT2D eigenvalue weighted by Crippen LogP contribution is -2.51. The van der Waals surface area contributed by atoms with E-state index in [0.29, 0.717) is 24.6 Å². The molecule has 134 valence electrons. The molecule has 6 nitrogen and oxygen atoms in total. The molecule has 1 saturated carbocycles. The summed E-state index contributed by atoms with van der Waals surface area (Å²) in [5, 5.41) is 18.8. The van der Waals surface area contributed by atoms with Gasteiger partial charge in [0.2, 0.25) is 5.91 Å². The summed E-state index contributed by atoms with van der Waals surface area (Å²) in [6.07, 6.45) is 1.92. The molecule has 2 fully saturated rings. The van der Waals surface area contributed by atoms with Crippen molar-refractivity contribution in [3.05, 3.63) is 29.8 Å². The number of β-amino-alcohol motifs (C(OH)–C–C–N with tert-alkyl or cyclic N) is 1. The highest BCUT2D eigenvalue weighted by atomic mass is 16.5. The average molecular weight is 343 g/mol. The van der Waals surface area contributed by atoms with Gasteiger partial charge in [0.05, 0.1) is 12.5 Å². The zero-order valence-electron chi connectivity index (χ0n) is 14.4. The molecular weight excluding hydrogens is 318 g/mol. The number of nitrogens with zero attached hydrogens (tertiary/aromatic N) is 3. The number of aliphatic hydroxyl groups is 1. The number of nitriles is 1. The lowest BCUT2D eigenvalue weighted by Gasteiger charge is -2.35. The summed E-state index contributed by atoms with van der Waals surface area (Å²) in [6, 6.07) is 9.47. The van der Waals surface area contributed by atoms with E-state index >= 15 is 0 Å². The van der Waals surface area contributed by atoms with Gasteiger partial charge in [0.25, 0.3) is 0 Å². The lowest BCUT2D eigenvalue weighted by atomic mass is 10.2. The second-order valence-corrected chi connectivity index (χ2v) is 6.84. The highest BCUT2D eigenvalue weighted by Crippen LogP contribution is 2.31. The van der Waals surface area contributed by atoms with E-state index in [1.807, 2.05) is 29.2 Å². The summed E-state index contributed by atoms with van der Waals surface area (Å²) in [5.41, 5.74) is 0.953. The van der Waals surface area contributed by atoms with E-state index in [1.165, 1.54) is 0 Å². The van der Waals surface area contributed by atoms with Gasteiger partial charge in [-0.25, -0.2) is 0 Å². The van der Waals surface area contributed by atoms with E-state index < -0.39 is 6.10 Å².